The van der Waals surface area contributed by atoms with Crippen LogP contribution in [0.5, 0.6) is 0 Å². The van der Waals surface area contributed by atoms with Gasteiger partial charge in [-0.3, -0.25) is 0 Å². The van der Waals surface area contributed by atoms with Gasteiger partial charge in [-0.15, -0.1) is 0 Å². The summed E-state index contributed by atoms with van der Waals surface area (Å²) in [6.45, 7) is 7.72. The lowest BCUT2D eigenvalue weighted by Gasteiger charge is -2.26. The lowest BCUT2D eigenvalue weighted by molar-refractivity contribution is 0.294. The molecule has 0 aromatic heterocycles. The molecule has 96 valence electrons. The maximum absolute atomic E-state index is 3.25. The number of nitrogens with one attached hydrogen (secondary N) is 1. The zero-order valence-corrected chi connectivity index (χ0v) is 12.0. The summed E-state index contributed by atoms with van der Waals surface area (Å²) in [6.07, 6.45) is 0. The van der Waals surface area contributed by atoms with Gasteiger partial charge in [-0.25, -0.2) is 0 Å². The van der Waals surface area contributed by atoms with Gasteiger partial charge in [0.15, 0.2) is 0 Å². The van der Waals surface area contributed by atoms with E-state index in [4.69, 9.17) is 0 Å². The average Bonchev–Trinajstić information content (AvgIpc) is 2.24. The van der Waals surface area contributed by atoms with Gasteiger partial charge in [0.1, 0.15) is 0 Å². The Balaban J connectivity index is 2.92. The number of hydrogen-bond donors (Lipinski definition) is 1. The van der Waals surface area contributed by atoms with Gasteiger partial charge in [0.2, 0.25) is 0 Å². The molecule has 1 atom stereocenters. The van der Waals surface area contributed by atoms with Crippen molar-refractivity contribution >= 4 is 0 Å². The molecule has 2 heteroatoms. The fraction of sp³-hybridized carbons (Fsp3) is 0.600. The van der Waals surface area contributed by atoms with Gasteiger partial charge in [0, 0.05) is 12.6 Å². The molecule has 1 N–H and O–H groups in total. The van der Waals surface area contributed by atoms with E-state index in [0.29, 0.717) is 6.04 Å². The Labute approximate surface area is 106 Å². The first-order chi connectivity index (χ1) is 7.86. The van der Waals surface area contributed by atoms with E-state index in [2.05, 4.69) is 69.3 Å². The van der Waals surface area contributed by atoms with Crippen LogP contribution in [0.4, 0.5) is 0 Å². The molecular formula is C15H26N2. The molecule has 0 bridgehead atoms. The highest BCUT2D eigenvalue weighted by Crippen LogP contribution is 2.25. The van der Waals surface area contributed by atoms with Gasteiger partial charge < -0.3 is 10.2 Å². The number of hydrogen-bond acceptors (Lipinski definition) is 2. The van der Waals surface area contributed by atoms with Crippen molar-refractivity contribution in [2.45, 2.75) is 32.2 Å². The van der Waals surface area contributed by atoms with Gasteiger partial charge in [-0.1, -0.05) is 45.0 Å². The van der Waals surface area contributed by atoms with E-state index in [-0.39, 0.29) is 5.41 Å². The zero-order chi connectivity index (χ0) is 13.1. The first kappa shape index (κ1) is 14.2. The highest BCUT2D eigenvalue weighted by Gasteiger charge is 2.16. The van der Waals surface area contributed by atoms with Crippen molar-refractivity contribution in [1.29, 1.82) is 0 Å². The predicted molar refractivity (Wildman–Crippen MR) is 75.5 cm³/mol. The SMILES string of the molecule is CNCC(c1ccc(C(C)(C)C)cc1)N(C)C. The van der Waals surface area contributed by atoms with Crippen LogP contribution >= 0.6 is 0 Å². The smallest absolute Gasteiger partial charge is 0.0466 e. The molecule has 17 heavy (non-hydrogen) atoms. The van der Waals surface area contributed by atoms with E-state index in [1.165, 1.54) is 11.1 Å². The number of likely N-dealkylation sites (N-methyl/N-ethyl adjacent to an activating group) is 2. The minimum Gasteiger partial charge on any atom is -0.318 e. The Morgan fingerprint density at radius 3 is 2.00 bits per heavy atom. The van der Waals surface area contributed by atoms with Crippen LogP contribution in [0.15, 0.2) is 24.3 Å². The molecule has 0 saturated heterocycles. The van der Waals surface area contributed by atoms with Crippen molar-refractivity contribution in [2.24, 2.45) is 0 Å². The van der Waals surface area contributed by atoms with Crippen LogP contribution in [0.25, 0.3) is 0 Å². The van der Waals surface area contributed by atoms with E-state index in [9.17, 15) is 0 Å². The highest BCUT2D eigenvalue weighted by molar-refractivity contribution is 5.29. The van der Waals surface area contributed by atoms with Gasteiger partial charge in [-0.05, 0) is 37.7 Å². The van der Waals surface area contributed by atoms with Crippen molar-refractivity contribution < 1.29 is 0 Å². The molecule has 0 aliphatic rings. The topological polar surface area (TPSA) is 15.3 Å². The van der Waals surface area contributed by atoms with Crippen molar-refractivity contribution in [3.8, 4) is 0 Å². The maximum atomic E-state index is 3.25. The molecule has 0 spiro atoms. The summed E-state index contributed by atoms with van der Waals surface area (Å²) < 4.78 is 0. The van der Waals surface area contributed by atoms with Crippen molar-refractivity contribution in [2.75, 3.05) is 27.7 Å². The monoisotopic (exact) mass is 234 g/mol. The molecule has 0 amide bonds. The first-order valence-electron chi connectivity index (χ1n) is 6.27. The molecule has 0 aliphatic heterocycles. The van der Waals surface area contributed by atoms with Gasteiger partial charge in [0.05, 0.1) is 0 Å². The van der Waals surface area contributed by atoms with Crippen LogP contribution in [-0.2, 0) is 5.41 Å². The third kappa shape index (κ3) is 3.83. The van der Waals surface area contributed by atoms with Crippen LogP contribution < -0.4 is 5.32 Å². The lowest BCUT2D eigenvalue weighted by atomic mass is 9.86. The van der Waals surface area contributed by atoms with Crippen molar-refractivity contribution in [3.63, 3.8) is 0 Å². The third-order valence-electron chi connectivity index (χ3n) is 3.18. The second kappa shape index (κ2) is 5.65. The minimum absolute atomic E-state index is 0.231. The summed E-state index contributed by atoms with van der Waals surface area (Å²) in [5.41, 5.74) is 3.00. The Hall–Kier alpha value is -0.860. The van der Waals surface area contributed by atoms with Crippen molar-refractivity contribution in [3.05, 3.63) is 35.4 Å². The van der Waals surface area contributed by atoms with Gasteiger partial charge in [0.25, 0.3) is 0 Å². The Morgan fingerprint density at radius 1 is 1.12 bits per heavy atom. The molecular weight excluding hydrogens is 208 g/mol. The second-order valence-electron chi connectivity index (χ2n) is 5.91. The molecule has 1 aromatic carbocycles. The second-order valence-corrected chi connectivity index (χ2v) is 5.91. The van der Waals surface area contributed by atoms with E-state index in [1.54, 1.807) is 0 Å². The molecule has 1 unspecified atom stereocenters. The van der Waals surface area contributed by atoms with Crippen LogP contribution in [0.2, 0.25) is 0 Å². The van der Waals surface area contributed by atoms with Crippen LogP contribution in [0, 0.1) is 0 Å². The standard InChI is InChI=1S/C15H26N2/c1-15(2,3)13-9-7-12(8-10-13)14(11-16-4)17(5)6/h7-10,14,16H,11H2,1-6H3. The number of benzene rings is 1. The van der Waals surface area contributed by atoms with Crippen LogP contribution in [-0.4, -0.2) is 32.6 Å². The molecule has 2 nitrogen and oxygen atoms in total. The summed E-state index contributed by atoms with van der Waals surface area (Å²) in [5.74, 6) is 0. The minimum atomic E-state index is 0.231. The van der Waals surface area contributed by atoms with E-state index in [1.807, 2.05) is 7.05 Å². The average molecular weight is 234 g/mol. The fourth-order valence-corrected chi connectivity index (χ4v) is 2.00. The van der Waals surface area contributed by atoms with E-state index in [0.717, 1.165) is 6.54 Å². The molecule has 0 aliphatic carbocycles. The predicted octanol–water partition coefficient (Wildman–Crippen LogP) is 2.81. The largest absolute Gasteiger partial charge is 0.318 e. The van der Waals surface area contributed by atoms with Crippen molar-refractivity contribution in [1.82, 2.24) is 10.2 Å². The molecule has 1 aromatic rings. The van der Waals surface area contributed by atoms with E-state index < -0.39 is 0 Å². The Bertz CT molecular complexity index is 333. The zero-order valence-electron chi connectivity index (χ0n) is 12.0. The van der Waals surface area contributed by atoms with Gasteiger partial charge in [-0.2, -0.15) is 0 Å². The molecule has 0 fully saturated rings. The lowest BCUT2D eigenvalue weighted by Crippen LogP contribution is -2.29. The first-order valence-corrected chi connectivity index (χ1v) is 6.27. The fourth-order valence-electron chi connectivity index (χ4n) is 2.00. The summed E-state index contributed by atoms with van der Waals surface area (Å²) in [5, 5.41) is 3.25. The molecule has 0 saturated carbocycles. The molecule has 0 radical (unpaired) electrons. The Morgan fingerprint density at radius 2 is 1.65 bits per heavy atom. The van der Waals surface area contributed by atoms with Gasteiger partial charge >= 0.3 is 0 Å². The maximum Gasteiger partial charge on any atom is 0.0466 e. The summed E-state index contributed by atoms with van der Waals surface area (Å²) in [7, 11) is 6.25. The Kier molecular flexibility index (Phi) is 4.72. The quantitative estimate of drug-likeness (QED) is 0.862. The summed E-state index contributed by atoms with van der Waals surface area (Å²) in [6, 6.07) is 9.45. The molecule has 0 heterocycles. The van der Waals surface area contributed by atoms with E-state index >= 15 is 0 Å². The summed E-state index contributed by atoms with van der Waals surface area (Å²) in [4.78, 5) is 2.25. The van der Waals surface area contributed by atoms with Crippen LogP contribution in [0.3, 0.4) is 0 Å². The molecule has 1 rings (SSSR count). The number of nitrogens with zero attached hydrogens (tertiary/aromatic N) is 1. The third-order valence-corrected chi connectivity index (χ3v) is 3.18. The normalized spacial score (nSPS) is 14.1. The highest BCUT2D eigenvalue weighted by atomic mass is 15.1. The summed E-state index contributed by atoms with van der Waals surface area (Å²) >= 11 is 0. The van der Waals surface area contributed by atoms with Crippen LogP contribution in [0.1, 0.15) is 37.9 Å². The number of rotatable bonds is 4.